The molecule has 0 radical (unpaired) electrons. The van der Waals surface area contributed by atoms with Crippen LogP contribution in [-0.4, -0.2) is 53.3 Å². The molecule has 0 fully saturated rings. The van der Waals surface area contributed by atoms with Crippen molar-refractivity contribution in [2.24, 2.45) is 42.3 Å². The van der Waals surface area contributed by atoms with Gasteiger partial charge in [-0.05, 0) is 40.7 Å². The summed E-state index contributed by atoms with van der Waals surface area (Å²) in [6, 6.07) is 73.1. The first-order chi connectivity index (χ1) is 42.0. The van der Waals surface area contributed by atoms with E-state index in [0.29, 0.717) is 43.7 Å². The van der Waals surface area contributed by atoms with Crippen molar-refractivity contribution in [3.8, 4) is 5.75 Å². The SMILES string of the molecule is CC(C)(C)c1cc(SC2=N\O[B-]3(F)O/N=C(c4ccccc4)/C(c4ccccc4)=N/O[B-](F)(O\N=C\2)O/N=C(c2ccccc2)/C(c2ccccc2)=N/O3)cc(C(C)(C)C)c1O.CC(C)CC(C)(C)C.[Fe+2].c1ccccc1.c1ccccc1.c1ccccc1. The molecule has 0 amide bonds. The zero-order valence-electron chi connectivity index (χ0n) is 52.2. The van der Waals surface area contributed by atoms with Crippen LogP contribution in [0.5, 0.6) is 5.75 Å². The monoisotopic (exact) mass is 1260 g/mol. The average Bonchev–Trinajstić information content (AvgIpc) is 1.14. The van der Waals surface area contributed by atoms with Crippen molar-refractivity contribution in [1.29, 1.82) is 0 Å². The van der Waals surface area contributed by atoms with Gasteiger partial charge in [0.15, 0.2) is 5.04 Å². The minimum Gasteiger partial charge on any atom is -0.510 e. The van der Waals surface area contributed by atoms with Crippen LogP contribution in [0, 0.1) is 11.3 Å². The molecular formula is C70H78B2F2FeN6O7S. The van der Waals surface area contributed by atoms with E-state index in [9.17, 15) is 5.11 Å². The fourth-order valence-corrected chi connectivity index (χ4v) is 9.31. The Kier molecular flexibility index (Phi) is 27.7. The molecule has 0 unspecified atom stereocenters. The first kappa shape index (κ1) is 71.0. The molecule has 89 heavy (non-hydrogen) atoms. The third-order valence-corrected chi connectivity index (χ3v) is 13.1. The summed E-state index contributed by atoms with van der Waals surface area (Å²) in [4.78, 5) is 0.528. The number of halogens is 2. The fourth-order valence-electron chi connectivity index (χ4n) is 8.54. The molecule has 464 valence electrons. The number of nitrogens with zero attached hydrogens (tertiary/aromatic N) is 6. The van der Waals surface area contributed by atoms with Gasteiger partial charge in [0, 0.05) is 38.3 Å². The molecule has 1 N–H and O–H groups in total. The van der Waals surface area contributed by atoms with Crippen molar-refractivity contribution in [2.45, 2.75) is 98.3 Å². The van der Waals surface area contributed by atoms with Crippen LogP contribution >= 0.6 is 11.8 Å². The maximum Gasteiger partial charge on any atom is 2.00 e. The van der Waals surface area contributed by atoms with Gasteiger partial charge in [-0.2, -0.15) is 0 Å². The van der Waals surface area contributed by atoms with E-state index in [4.69, 9.17) is 28.5 Å². The molecule has 0 saturated carbocycles. The number of phenolic OH excluding ortho intramolecular Hbond substituents is 1. The number of hydrogen-bond donors (Lipinski definition) is 1. The molecule has 3 aliphatic heterocycles. The largest absolute Gasteiger partial charge is 2.00 e. The maximum absolute atomic E-state index is 17.6. The van der Waals surface area contributed by atoms with E-state index < -0.39 is 24.9 Å². The van der Waals surface area contributed by atoms with Gasteiger partial charge in [0.05, 0.1) is 6.21 Å². The first-order valence-electron chi connectivity index (χ1n) is 29.0. The molecule has 8 aromatic rings. The average molecular weight is 1260 g/mol. The van der Waals surface area contributed by atoms with Gasteiger partial charge in [-0.1, -0.05) is 318 Å². The second kappa shape index (κ2) is 34.7. The topological polar surface area (TPSA) is 150 Å². The Hall–Kier alpha value is -8.76. The summed E-state index contributed by atoms with van der Waals surface area (Å²) in [6.45, 7) is 23.1. The third kappa shape index (κ3) is 24.4. The van der Waals surface area contributed by atoms with Crippen LogP contribution in [0.2, 0.25) is 0 Å². The molecule has 0 aliphatic carbocycles. The van der Waals surface area contributed by atoms with Gasteiger partial charge in [-0.3, -0.25) is 0 Å². The zero-order valence-corrected chi connectivity index (χ0v) is 54.1. The van der Waals surface area contributed by atoms with Crippen LogP contribution in [0.25, 0.3) is 0 Å². The van der Waals surface area contributed by atoms with Crippen LogP contribution in [-0.2, 0) is 56.4 Å². The van der Waals surface area contributed by atoms with Crippen LogP contribution in [0.15, 0.2) is 278 Å². The smallest absolute Gasteiger partial charge is 0.510 e. The molecule has 0 atom stereocenters. The molecule has 11 rings (SSSR count). The van der Waals surface area contributed by atoms with Crippen LogP contribution < -0.4 is 0 Å². The van der Waals surface area contributed by atoms with Crippen molar-refractivity contribution in [3.05, 3.63) is 276 Å². The standard InChI is InChI=1S/C44H42B2F2N6O7S.C8H18.3C6H6.Fe/c1-43(2,3)35-27-34(28-36(42(35)55)44(4,5)6)62-37-29-49-56-45(47)58-51-38(30-19-11-7-12-20-30)40(32-23-15-9-16-24-32)53-60-46(48,57-50-37)61-54-41(33-25-17-10-18-26-33)39(52-59-45)31-21-13-8-14-22-31;1-7(2)6-8(3,4)5;3*1-2-4-6-5-3-1;/h7-29,55H,1-6H3;7H,6H2,1-5H3;3*1-6H;/q-2;;;;;+2/b49-29+,50-37-,51-38+,52-39+,53-40+,54-41+;;;;;. The Bertz CT molecular complexity index is 3240. The first-order valence-corrected chi connectivity index (χ1v) is 29.8. The van der Waals surface area contributed by atoms with Gasteiger partial charge in [0.2, 0.25) is 0 Å². The number of rotatable bonds is 6. The maximum atomic E-state index is 17.6. The number of hydrogen-bond acceptors (Lipinski definition) is 14. The van der Waals surface area contributed by atoms with Crippen LogP contribution in [0.3, 0.4) is 0 Å². The summed E-state index contributed by atoms with van der Waals surface area (Å²) in [5, 5.41) is 35.7. The molecule has 2 bridgehead atoms. The fraction of sp³-hybridized carbons (Fsp3) is 0.229. The Morgan fingerprint density at radius 2 is 0.652 bits per heavy atom. The van der Waals surface area contributed by atoms with Crippen molar-refractivity contribution in [2.75, 3.05) is 0 Å². The van der Waals surface area contributed by atoms with E-state index in [1.807, 2.05) is 151 Å². The molecule has 3 heterocycles. The Labute approximate surface area is 538 Å². The molecule has 19 heteroatoms. The molecule has 13 nitrogen and oxygen atoms in total. The van der Waals surface area contributed by atoms with E-state index in [-0.39, 0.29) is 50.7 Å². The number of fused-ring (bicyclic) bond motifs is 9. The number of thioether (sulfide) groups is 1. The molecular weight excluding hydrogens is 1180 g/mol. The van der Waals surface area contributed by atoms with E-state index in [1.165, 1.54) is 6.42 Å². The zero-order chi connectivity index (χ0) is 63.5. The van der Waals surface area contributed by atoms with Crippen LogP contribution in [0.1, 0.15) is 116 Å². The summed E-state index contributed by atoms with van der Waals surface area (Å²) < 4.78 is 68.2. The van der Waals surface area contributed by atoms with Crippen molar-refractivity contribution in [3.63, 3.8) is 0 Å². The Morgan fingerprint density at radius 3 is 0.888 bits per heavy atom. The van der Waals surface area contributed by atoms with E-state index in [1.54, 1.807) is 133 Å². The number of aromatic hydroxyl groups is 1. The summed E-state index contributed by atoms with van der Waals surface area (Å²) in [6.07, 6.45) is 2.26. The molecule has 3 aliphatic rings. The van der Waals surface area contributed by atoms with Gasteiger partial charge in [0.1, 0.15) is 28.6 Å². The number of oxime groups is 6. The van der Waals surface area contributed by atoms with Crippen LogP contribution in [0.4, 0.5) is 8.63 Å². The Morgan fingerprint density at radius 1 is 0.404 bits per heavy atom. The Balaban J connectivity index is 0.000000437. The summed E-state index contributed by atoms with van der Waals surface area (Å²) >= 11 is 0.923. The van der Waals surface area contributed by atoms with Gasteiger partial charge in [0.25, 0.3) is 0 Å². The summed E-state index contributed by atoms with van der Waals surface area (Å²) in [7, 11) is -9.23. The quantitative estimate of drug-likeness (QED) is 0.162. The van der Waals surface area contributed by atoms with Gasteiger partial charge >= 0.3 is 31.1 Å². The van der Waals surface area contributed by atoms with E-state index >= 15 is 8.63 Å². The predicted molar refractivity (Wildman–Crippen MR) is 358 cm³/mol. The number of benzene rings is 8. The van der Waals surface area contributed by atoms with E-state index in [0.717, 1.165) is 23.9 Å². The molecule has 0 spiro atoms. The van der Waals surface area contributed by atoms with Gasteiger partial charge in [-0.15, -0.1) is 30.9 Å². The second-order valence-electron chi connectivity index (χ2n) is 23.7. The molecule has 0 saturated heterocycles. The van der Waals surface area contributed by atoms with Crippen molar-refractivity contribution < 1.29 is 59.3 Å². The van der Waals surface area contributed by atoms with Crippen molar-refractivity contribution in [1.82, 2.24) is 0 Å². The minimum absolute atomic E-state index is 0. The minimum atomic E-state index is -4.64. The normalized spacial score (nSPS) is 19.8. The third-order valence-electron chi connectivity index (χ3n) is 12.3. The molecule has 8 aromatic carbocycles. The van der Waals surface area contributed by atoms with E-state index in [2.05, 4.69) is 65.6 Å². The molecule has 0 aromatic heterocycles. The number of phenols is 1. The second-order valence-corrected chi connectivity index (χ2v) is 24.8. The van der Waals surface area contributed by atoms with Gasteiger partial charge in [-0.25, -0.2) is 0 Å². The predicted octanol–water partition coefficient (Wildman–Crippen LogP) is 18.1. The summed E-state index contributed by atoms with van der Waals surface area (Å²) in [5.41, 5.74) is 1.50. The van der Waals surface area contributed by atoms with Gasteiger partial charge < -0.3 is 42.3 Å². The summed E-state index contributed by atoms with van der Waals surface area (Å²) in [5.74, 6) is 0.970. The van der Waals surface area contributed by atoms with Crippen molar-refractivity contribution >= 4 is 59.9 Å².